The van der Waals surface area contributed by atoms with E-state index in [1.165, 1.54) is 0 Å². The molecule has 0 aliphatic carbocycles. The van der Waals surface area contributed by atoms with Gasteiger partial charge in [0.15, 0.2) is 0 Å². The van der Waals surface area contributed by atoms with E-state index in [2.05, 4.69) is 10.3 Å². The summed E-state index contributed by atoms with van der Waals surface area (Å²) in [6, 6.07) is 16.9. The summed E-state index contributed by atoms with van der Waals surface area (Å²) in [6.07, 6.45) is 1.70. The van der Waals surface area contributed by atoms with E-state index in [9.17, 15) is 4.79 Å². The van der Waals surface area contributed by atoms with Gasteiger partial charge >= 0.3 is 0 Å². The molecule has 0 fully saturated rings. The van der Waals surface area contributed by atoms with Crippen molar-refractivity contribution in [1.82, 2.24) is 15.0 Å². The van der Waals surface area contributed by atoms with Gasteiger partial charge in [-0.2, -0.15) is 0 Å². The van der Waals surface area contributed by atoms with E-state index in [-0.39, 0.29) is 5.91 Å². The van der Waals surface area contributed by atoms with E-state index in [0.717, 1.165) is 17.1 Å². The molecule has 1 amide bonds. The van der Waals surface area contributed by atoms with Crippen LogP contribution in [-0.2, 0) is 0 Å². The fraction of sp³-hybridized carbons (Fsp3) is 0.118. The summed E-state index contributed by atoms with van der Waals surface area (Å²) in [5.74, 6) is -0.0481. The normalized spacial score (nSPS) is 10.5. The molecule has 0 atom stereocenters. The number of aromatic nitrogens is 3. The topological polar surface area (TPSA) is 51.0 Å². The molecule has 5 heteroatoms. The number of rotatable bonds is 3. The maximum Gasteiger partial charge on any atom is 0.258 e. The quantitative estimate of drug-likeness (QED) is 0.746. The fourth-order valence-electron chi connectivity index (χ4n) is 2.25. The molecule has 0 saturated heterocycles. The Balaban J connectivity index is 1.84. The van der Waals surface area contributed by atoms with Crippen LogP contribution < -0.4 is 4.90 Å². The van der Waals surface area contributed by atoms with Crippen LogP contribution in [0, 0.1) is 6.92 Å². The second-order valence-corrected chi connectivity index (χ2v) is 5.03. The number of carbonyl (C=O) groups is 1. The van der Waals surface area contributed by atoms with Crippen molar-refractivity contribution in [1.29, 1.82) is 0 Å². The number of anilines is 1. The number of aryl methyl sites for hydroxylation is 1. The van der Waals surface area contributed by atoms with E-state index < -0.39 is 0 Å². The lowest BCUT2D eigenvalue weighted by Gasteiger charge is -2.17. The monoisotopic (exact) mass is 292 g/mol. The lowest BCUT2D eigenvalue weighted by atomic mass is 10.1. The molecule has 0 aliphatic heterocycles. The van der Waals surface area contributed by atoms with Crippen molar-refractivity contribution in [3.63, 3.8) is 0 Å². The first-order valence-corrected chi connectivity index (χ1v) is 6.97. The van der Waals surface area contributed by atoms with Gasteiger partial charge in [-0.3, -0.25) is 4.79 Å². The van der Waals surface area contributed by atoms with Gasteiger partial charge in [-0.15, -0.1) is 5.10 Å². The number of hydrogen-bond acceptors (Lipinski definition) is 3. The molecule has 22 heavy (non-hydrogen) atoms. The molecule has 0 spiro atoms. The Labute approximate surface area is 128 Å². The third-order valence-electron chi connectivity index (χ3n) is 3.53. The maximum atomic E-state index is 12.5. The van der Waals surface area contributed by atoms with Crippen molar-refractivity contribution < 1.29 is 4.79 Å². The molecule has 3 aromatic rings. The molecular weight excluding hydrogens is 276 g/mol. The Hall–Kier alpha value is -2.95. The van der Waals surface area contributed by atoms with Gasteiger partial charge in [0.2, 0.25) is 0 Å². The summed E-state index contributed by atoms with van der Waals surface area (Å²) in [5, 5.41) is 7.88. The average molecular weight is 292 g/mol. The summed E-state index contributed by atoms with van der Waals surface area (Å²) in [4.78, 5) is 14.1. The molecule has 110 valence electrons. The zero-order valence-corrected chi connectivity index (χ0v) is 12.5. The highest BCUT2D eigenvalue weighted by molar-refractivity contribution is 6.05. The first-order valence-electron chi connectivity index (χ1n) is 6.97. The summed E-state index contributed by atoms with van der Waals surface area (Å²) < 4.78 is 1.73. The fourth-order valence-corrected chi connectivity index (χ4v) is 2.25. The maximum absolute atomic E-state index is 12.5. The van der Waals surface area contributed by atoms with Crippen molar-refractivity contribution in [2.75, 3.05) is 11.9 Å². The first kappa shape index (κ1) is 14.0. The van der Waals surface area contributed by atoms with E-state index >= 15 is 0 Å². The molecule has 0 unspecified atom stereocenters. The predicted molar refractivity (Wildman–Crippen MR) is 85.3 cm³/mol. The molecule has 0 radical (unpaired) electrons. The molecule has 0 saturated carbocycles. The summed E-state index contributed by atoms with van der Waals surface area (Å²) in [7, 11) is 1.77. The third-order valence-corrected chi connectivity index (χ3v) is 3.53. The van der Waals surface area contributed by atoms with E-state index in [1.807, 2.05) is 49.4 Å². The van der Waals surface area contributed by atoms with Crippen LogP contribution in [0.5, 0.6) is 0 Å². The minimum absolute atomic E-state index is 0.0481. The first-order chi connectivity index (χ1) is 10.7. The number of nitrogens with zero attached hydrogens (tertiary/aromatic N) is 4. The van der Waals surface area contributed by atoms with Gasteiger partial charge in [0, 0.05) is 18.3 Å². The average Bonchev–Trinajstić information content (AvgIpc) is 3.00. The molecule has 1 aromatic heterocycles. The molecule has 0 N–H and O–H groups in total. The van der Waals surface area contributed by atoms with Crippen molar-refractivity contribution >= 4 is 11.6 Å². The van der Waals surface area contributed by atoms with Gasteiger partial charge in [0.05, 0.1) is 17.6 Å². The Kier molecular flexibility index (Phi) is 3.70. The van der Waals surface area contributed by atoms with E-state index in [4.69, 9.17) is 0 Å². The molecule has 0 aliphatic rings. The number of amides is 1. The van der Waals surface area contributed by atoms with Gasteiger partial charge in [-0.25, -0.2) is 4.68 Å². The van der Waals surface area contributed by atoms with Crippen LogP contribution >= 0.6 is 0 Å². The van der Waals surface area contributed by atoms with Gasteiger partial charge in [-0.1, -0.05) is 23.4 Å². The van der Waals surface area contributed by atoms with Crippen LogP contribution in [0.4, 0.5) is 5.69 Å². The van der Waals surface area contributed by atoms with Gasteiger partial charge < -0.3 is 4.90 Å². The van der Waals surface area contributed by atoms with Crippen molar-refractivity contribution in [2.24, 2.45) is 0 Å². The highest BCUT2D eigenvalue weighted by Crippen LogP contribution is 2.16. The van der Waals surface area contributed by atoms with Crippen LogP contribution in [0.25, 0.3) is 5.69 Å². The zero-order valence-electron chi connectivity index (χ0n) is 12.5. The van der Waals surface area contributed by atoms with Crippen LogP contribution in [-0.4, -0.2) is 27.9 Å². The molecule has 5 nitrogen and oxygen atoms in total. The van der Waals surface area contributed by atoms with Gasteiger partial charge in [0.1, 0.15) is 0 Å². The van der Waals surface area contributed by atoms with Crippen LogP contribution in [0.15, 0.2) is 60.8 Å². The van der Waals surface area contributed by atoms with E-state index in [0.29, 0.717) is 5.56 Å². The van der Waals surface area contributed by atoms with Crippen molar-refractivity contribution in [3.8, 4) is 5.69 Å². The van der Waals surface area contributed by atoms with Crippen molar-refractivity contribution in [3.05, 3.63) is 72.1 Å². The lowest BCUT2D eigenvalue weighted by molar-refractivity contribution is 0.0993. The number of para-hydroxylation sites is 1. The second kappa shape index (κ2) is 5.81. The SMILES string of the molecule is Cc1cnnn1-c1ccc(C(=O)N(C)c2ccccc2)cc1. The molecule has 2 aromatic carbocycles. The Morgan fingerprint density at radius 2 is 1.73 bits per heavy atom. The van der Waals surface area contributed by atoms with Crippen molar-refractivity contribution in [2.45, 2.75) is 6.92 Å². The van der Waals surface area contributed by atoms with Gasteiger partial charge in [-0.05, 0) is 43.3 Å². The third kappa shape index (κ3) is 2.61. The Morgan fingerprint density at radius 1 is 1.05 bits per heavy atom. The summed E-state index contributed by atoms with van der Waals surface area (Å²) in [5.41, 5.74) is 3.32. The highest BCUT2D eigenvalue weighted by atomic mass is 16.2. The lowest BCUT2D eigenvalue weighted by Crippen LogP contribution is -2.26. The smallest absolute Gasteiger partial charge is 0.258 e. The van der Waals surface area contributed by atoms with Gasteiger partial charge in [0.25, 0.3) is 5.91 Å². The molecule has 1 heterocycles. The largest absolute Gasteiger partial charge is 0.311 e. The van der Waals surface area contributed by atoms with Crippen LogP contribution in [0.3, 0.4) is 0 Å². The number of benzene rings is 2. The standard InChI is InChI=1S/C17H16N4O/c1-13-12-18-19-21(13)16-10-8-14(9-11-16)17(22)20(2)15-6-4-3-5-7-15/h3-12H,1-2H3. The Morgan fingerprint density at radius 3 is 2.32 bits per heavy atom. The minimum Gasteiger partial charge on any atom is -0.311 e. The summed E-state index contributed by atoms with van der Waals surface area (Å²) >= 11 is 0. The predicted octanol–water partition coefficient (Wildman–Crippen LogP) is 2.85. The molecule has 3 rings (SSSR count). The second-order valence-electron chi connectivity index (χ2n) is 5.03. The minimum atomic E-state index is -0.0481. The van der Waals surface area contributed by atoms with Crippen LogP contribution in [0.2, 0.25) is 0 Å². The van der Waals surface area contributed by atoms with E-state index in [1.54, 1.807) is 35.0 Å². The number of hydrogen-bond donors (Lipinski definition) is 0. The molecule has 0 bridgehead atoms. The van der Waals surface area contributed by atoms with Crippen LogP contribution in [0.1, 0.15) is 16.1 Å². The highest BCUT2D eigenvalue weighted by Gasteiger charge is 2.13. The number of carbonyl (C=O) groups excluding carboxylic acids is 1. The Bertz CT molecular complexity index is 778. The molecular formula is C17H16N4O. The zero-order chi connectivity index (χ0) is 15.5. The summed E-state index contributed by atoms with van der Waals surface area (Å²) in [6.45, 7) is 1.93.